The van der Waals surface area contributed by atoms with Crippen LogP contribution < -0.4 is 4.52 Å². The predicted molar refractivity (Wildman–Crippen MR) is 137 cm³/mol. The largest absolute Gasteiger partial charge is 0.463 e. The zero-order valence-corrected chi connectivity index (χ0v) is 22.9. The van der Waals surface area contributed by atoms with Gasteiger partial charge in [-0.15, -0.1) is 0 Å². The Morgan fingerprint density at radius 1 is 1.19 bits per heavy atom. The molecule has 13 heteroatoms. The van der Waals surface area contributed by atoms with Gasteiger partial charge in [0.1, 0.15) is 28.7 Å². The number of nitrogens with one attached hydrogen (secondary N) is 1. The van der Waals surface area contributed by atoms with E-state index in [1.54, 1.807) is 64.2 Å². The van der Waals surface area contributed by atoms with Crippen molar-refractivity contribution in [2.75, 3.05) is 12.8 Å². The minimum Gasteiger partial charge on any atom is -0.463 e. The summed E-state index contributed by atoms with van der Waals surface area (Å²) in [6, 6.07) is 8.40. The Kier molecular flexibility index (Phi) is 9.62. The van der Waals surface area contributed by atoms with Crippen molar-refractivity contribution in [3.8, 4) is 5.75 Å². The molecule has 1 aromatic carbocycles. The molecule has 0 spiro atoms. The van der Waals surface area contributed by atoms with Crippen LogP contribution in [0, 0.1) is 22.3 Å². The predicted octanol–water partition coefficient (Wildman–Crippen LogP) is 4.08. The lowest BCUT2D eigenvalue weighted by atomic mass is 10.1. The average molecular weight is 559 g/mol. The third kappa shape index (κ3) is 7.10. The van der Waals surface area contributed by atoms with Gasteiger partial charge in [0, 0.05) is 11.8 Å². The number of esters is 1. The first-order chi connectivity index (χ1) is 16.9. The number of aryl methyl sites for hydroxylation is 1. The molecular weight excluding hydrogens is 527 g/mol. The summed E-state index contributed by atoms with van der Waals surface area (Å²) in [4.78, 5) is 15.2. The molecule has 198 valence electrons. The zero-order valence-electron chi connectivity index (χ0n) is 20.4. The van der Waals surface area contributed by atoms with Gasteiger partial charge in [-0.1, -0.05) is 37.3 Å². The van der Waals surface area contributed by atoms with E-state index < -0.39 is 44.0 Å². The van der Waals surface area contributed by atoms with Crippen LogP contribution >= 0.6 is 32.0 Å². The van der Waals surface area contributed by atoms with Crippen LogP contribution in [-0.2, 0) is 23.4 Å². The second-order valence-electron chi connectivity index (χ2n) is 8.91. The number of aliphatic hydroxyl groups is 2. The molecule has 2 aromatic rings. The minimum absolute atomic E-state index is 0.207. The Labute approximate surface area is 219 Å². The van der Waals surface area contributed by atoms with Crippen molar-refractivity contribution in [1.82, 2.24) is 9.55 Å². The van der Waals surface area contributed by atoms with E-state index >= 15 is 0 Å². The Morgan fingerprint density at radius 3 is 2.50 bits per heavy atom. The fraction of sp³-hybridized carbons (Fsp3) is 0.522. The van der Waals surface area contributed by atoms with E-state index in [0.29, 0.717) is 10.2 Å². The van der Waals surface area contributed by atoms with E-state index in [0.717, 1.165) is 0 Å². The summed E-state index contributed by atoms with van der Waals surface area (Å²) in [6.45, 7) is 6.40. The third-order valence-electron chi connectivity index (χ3n) is 5.43. The number of rotatable bonds is 10. The number of benzene rings is 1. The lowest BCUT2D eigenvalue weighted by molar-refractivity contribution is -0.151. The molecule has 1 saturated heterocycles. The van der Waals surface area contributed by atoms with Crippen molar-refractivity contribution in [2.24, 2.45) is 5.92 Å². The monoisotopic (exact) mass is 558 g/mol. The van der Waals surface area contributed by atoms with Gasteiger partial charge in [-0.25, -0.2) is 4.57 Å². The highest BCUT2D eigenvalue weighted by molar-refractivity contribution is 7.72. The molecule has 3 N–H and O–H groups in total. The Morgan fingerprint density at radius 2 is 1.86 bits per heavy atom. The van der Waals surface area contributed by atoms with Gasteiger partial charge in [-0.05, 0) is 45.1 Å². The van der Waals surface area contributed by atoms with E-state index in [1.807, 2.05) is 0 Å². The Hall–Kier alpha value is -1.92. The number of hydrogen-bond acceptors (Lipinski definition) is 10. The minimum atomic E-state index is -3.93. The van der Waals surface area contributed by atoms with Crippen LogP contribution in [0.15, 0.2) is 36.5 Å². The smallest absolute Gasteiger partial charge is 0.380 e. The summed E-state index contributed by atoms with van der Waals surface area (Å²) < 4.78 is 38.3. The molecule has 6 atom stereocenters. The molecule has 1 aromatic heterocycles. The maximum absolute atomic E-state index is 13.7. The second-order valence-corrected chi connectivity index (χ2v) is 11.7. The molecule has 2 heterocycles. The summed E-state index contributed by atoms with van der Waals surface area (Å²) in [5, 5.41) is 21.3. The van der Waals surface area contributed by atoms with Gasteiger partial charge in [-0.2, -0.15) is 0 Å². The fourth-order valence-electron chi connectivity index (χ4n) is 3.58. The molecule has 0 saturated carbocycles. The molecule has 0 bridgehead atoms. The lowest BCUT2D eigenvalue weighted by Crippen LogP contribution is -2.34. The molecule has 0 aliphatic carbocycles. The average Bonchev–Trinajstić information content (AvgIpc) is 3.08. The van der Waals surface area contributed by atoms with Crippen LogP contribution in [0.25, 0.3) is 0 Å². The van der Waals surface area contributed by atoms with Gasteiger partial charge < -0.3 is 29.2 Å². The van der Waals surface area contributed by atoms with E-state index in [9.17, 15) is 19.6 Å². The lowest BCUT2D eigenvalue weighted by Gasteiger charge is -2.24. The number of carbonyl (C=O) groups is 1. The van der Waals surface area contributed by atoms with E-state index in [1.165, 1.54) is 4.57 Å². The van der Waals surface area contributed by atoms with Gasteiger partial charge in [0.05, 0.1) is 24.8 Å². The van der Waals surface area contributed by atoms with Crippen LogP contribution in [-0.4, -0.2) is 62.9 Å². The van der Waals surface area contributed by atoms with Gasteiger partial charge in [0.2, 0.25) is 0 Å². The van der Waals surface area contributed by atoms with Crippen LogP contribution in [0.2, 0.25) is 0 Å². The number of hydrogen-bond donors (Lipinski definition) is 3. The van der Waals surface area contributed by atoms with Crippen molar-refractivity contribution in [3.05, 3.63) is 51.5 Å². The second kappa shape index (κ2) is 12.1. The molecule has 1 aliphatic rings. The van der Waals surface area contributed by atoms with Crippen molar-refractivity contribution < 1.29 is 38.1 Å². The molecule has 10 nitrogen and oxygen atoms in total. The fourth-order valence-corrected chi connectivity index (χ4v) is 5.92. The van der Waals surface area contributed by atoms with Gasteiger partial charge in [0.25, 0.3) is 0 Å². The summed E-state index contributed by atoms with van der Waals surface area (Å²) >= 11 is 10.5. The number of para-hydroxylation sites is 1. The summed E-state index contributed by atoms with van der Waals surface area (Å²) in [5.41, 5.74) is 0.701. The molecule has 2 unspecified atom stereocenters. The SMILES string of the molecule is Cc1cn([C@H]2O[C@@H](COP(=O)(C[C@@H](C)C(=O)OC(C)C)Oc3ccccc3)C(O)[C@H]2O)c(=S)[nH]c1=S. The maximum atomic E-state index is 13.7. The zero-order chi connectivity index (χ0) is 26.6. The molecule has 36 heavy (non-hydrogen) atoms. The third-order valence-corrected chi connectivity index (χ3v) is 8.20. The first-order valence-corrected chi connectivity index (χ1v) is 14.0. The summed E-state index contributed by atoms with van der Waals surface area (Å²) in [7, 11) is -3.93. The normalized spacial score (nSPS) is 24.3. The number of nitrogens with zero attached hydrogens (tertiary/aromatic N) is 1. The number of aromatic nitrogens is 2. The molecule has 3 rings (SSSR count). The Balaban J connectivity index is 1.77. The van der Waals surface area contributed by atoms with Crippen LogP contribution in [0.1, 0.15) is 32.6 Å². The van der Waals surface area contributed by atoms with Crippen molar-refractivity contribution in [1.29, 1.82) is 0 Å². The van der Waals surface area contributed by atoms with Crippen molar-refractivity contribution in [3.63, 3.8) is 0 Å². The van der Waals surface area contributed by atoms with Crippen LogP contribution in [0.5, 0.6) is 5.75 Å². The Bertz CT molecular complexity index is 1220. The molecule has 1 aliphatic heterocycles. The highest BCUT2D eigenvalue weighted by Gasteiger charge is 2.45. The standard InChI is InChI=1S/C23H31N2O8PS2/c1-13(2)31-22(28)15(4)12-34(29,33-16-8-6-5-7-9-16)30-11-17-18(26)19(27)21(32-17)25-10-14(3)20(35)24-23(25)36/h5-10,13,15,17-19,21,26-27H,11-12H2,1-4H3,(H,24,35,36)/t15-,17+,18?,19-,21+,34?/m1/s1. The molecule has 0 radical (unpaired) electrons. The molecular formula is C23H31N2O8PS2. The number of ether oxygens (including phenoxy) is 2. The molecule has 1 fully saturated rings. The van der Waals surface area contributed by atoms with E-state index in [2.05, 4.69) is 4.98 Å². The summed E-state index contributed by atoms with van der Waals surface area (Å²) in [5.74, 6) is -1.04. The highest BCUT2D eigenvalue weighted by Crippen LogP contribution is 2.50. The topological polar surface area (TPSA) is 132 Å². The maximum Gasteiger partial charge on any atom is 0.380 e. The van der Waals surface area contributed by atoms with E-state index in [-0.39, 0.29) is 29.4 Å². The quantitative estimate of drug-likeness (QED) is 0.223. The van der Waals surface area contributed by atoms with Gasteiger partial charge in [-0.3, -0.25) is 13.9 Å². The van der Waals surface area contributed by atoms with Gasteiger partial charge in [0.15, 0.2) is 11.0 Å². The molecule has 0 amide bonds. The highest BCUT2D eigenvalue weighted by atomic mass is 32.1. The van der Waals surface area contributed by atoms with Crippen molar-refractivity contribution >= 4 is 38.0 Å². The number of aliphatic hydroxyl groups excluding tert-OH is 2. The number of carbonyl (C=O) groups excluding carboxylic acids is 1. The van der Waals surface area contributed by atoms with Gasteiger partial charge >= 0.3 is 13.6 Å². The first kappa shape index (κ1) is 28.6. The van der Waals surface area contributed by atoms with Crippen LogP contribution in [0.4, 0.5) is 0 Å². The van der Waals surface area contributed by atoms with E-state index in [4.69, 9.17) is 43.0 Å². The van der Waals surface area contributed by atoms with Crippen LogP contribution in [0.3, 0.4) is 0 Å². The number of H-pyrrole nitrogens is 1. The summed E-state index contributed by atoms with van der Waals surface area (Å²) in [6.07, 6.45) is -3.77. The van der Waals surface area contributed by atoms with Crippen molar-refractivity contribution in [2.45, 2.75) is 58.3 Å². The first-order valence-electron chi connectivity index (χ1n) is 11.4. The number of aromatic amines is 1.